The number of nitrogens with zero attached hydrogens (tertiary/aromatic N) is 2. The van der Waals surface area contributed by atoms with Crippen LogP contribution in [0.2, 0.25) is 0 Å². The predicted molar refractivity (Wildman–Crippen MR) is 111 cm³/mol. The number of likely N-dealkylation sites (tertiary alicyclic amines) is 1. The molecule has 1 saturated heterocycles. The van der Waals surface area contributed by atoms with E-state index in [-0.39, 0.29) is 11.9 Å². The molecule has 0 radical (unpaired) electrons. The molecule has 0 aliphatic carbocycles. The summed E-state index contributed by atoms with van der Waals surface area (Å²) in [5.74, 6) is 0.710. The van der Waals surface area contributed by atoms with Crippen molar-refractivity contribution in [1.82, 2.24) is 15.2 Å². The molecule has 1 unspecified atom stereocenters. The molecule has 4 rings (SSSR count). The van der Waals surface area contributed by atoms with Crippen molar-refractivity contribution in [3.8, 4) is 5.75 Å². The first-order chi connectivity index (χ1) is 13.8. The number of ether oxygens (including phenoxy) is 1. The van der Waals surface area contributed by atoms with Gasteiger partial charge in [-0.25, -0.2) is 4.98 Å². The van der Waals surface area contributed by atoms with E-state index in [0.29, 0.717) is 12.2 Å². The first kappa shape index (κ1) is 18.4. The van der Waals surface area contributed by atoms with E-state index in [2.05, 4.69) is 21.3 Å². The Morgan fingerprint density at radius 1 is 1.07 bits per heavy atom. The molecule has 1 fully saturated rings. The van der Waals surface area contributed by atoms with Gasteiger partial charge in [0.05, 0.1) is 18.7 Å². The second-order valence-electron chi connectivity index (χ2n) is 7.10. The Bertz CT molecular complexity index is 967. The standard InChI is InChI=1S/C23H25N3O2/c1-28-22-11-5-3-9-18(22)21(26-14-6-7-15-26)16-24-23(27)20-13-12-17-8-2-4-10-19(17)25-20/h2-5,8-13,21H,6-7,14-16H2,1H3,(H,24,27). The molecule has 1 N–H and O–H groups in total. The van der Waals surface area contributed by atoms with Gasteiger partial charge in [-0.3, -0.25) is 9.69 Å². The quantitative estimate of drug-likeness (QED) is 0.712. The zero-order valence-electron chi connectivity index (χ0n) is 16.1. The van der Waals surface area contributed by atoms with Crippen LogP contribution < -0.4 is 10.1 Å². The number of benzene rings is 2. The van der Waals surface area contributed by atoms with E-state index in [1.807, 2.05) is 48.5 Å². The van der Waals surface area contributed by atoms with Crippen molar-refractivity contribution in [3.05, 3.63) is 71.9 Å². The van der Waals surface area contributed by atoms with Gasteiger partial charge in [0.25, 0.3) is 5.91 Å². The van der Waals surface area contributed by atoms with Crippen LogP contribution >= 0.6 is 0 Å². The number of nitrogens with one attached hydrogen (secondary N) is 1. The highest BCUT2D eigenvalue weighted by Crippen LogP contribution is 2.31. The maximum atomic E-state index is 12.8. The maximum absolute atomic E-state index is 12.8. The van der Waals surface area contributed by atoms with E-state index in [1.165, 1.54) is 12.8 Å². The lowest BCUT2D eigenvalue weighted by Gasteiger charge is -2.29. The molecule has 5 nitrogen and oxygen atoms in total. The molecule has 28 heavy (non-hydrogen) atoms. The van der Waals surface area contributed by atoms with Crippen LogP contribution in [0.1, 0.15) is 34.9 Å². The summed E-state index contributed by atoms with van der Waals surface area (Å²) < 4.78 is 5.57. The van der Waals surface area contributed by atoms with E-state index >= 15 is 0 Å². The Balaban J connectivity index is 1.54. The third-order valence-electron chi connectivity index (χ3n) is 5.37. The van der Waals surface area contributed by atoms with Gasteiger partial charge in [-0.1, -0.05) is 42.5 Å². The number of para-hydroxylation sites is 2. The molecule has 1 aromatic heterocycles. The molecular weight excluding hydrogens is 350 g/mol. The number of carbonyl (C=O) groups is 1. The average molecular weight is 375 g/mol. The first-order valence-corrected chi connectivity index (χ1v) is 9.77. The molecule has 5 heteroatoms. The Morgan fingerprint density at radius 3 is 2.64 bits per heavy atom. The average Bonchev–Trinajstić information content (AvgIpc) is 3.28. The number of rotatable bonds is 6. The van der Waals surface area contributed by atoms with Gasteiger partial charge in [0.15, 0.2) is 0 Å². The molecule has 0 saturated carbocycles. The molecule has 144 valence electrons. The zero-order chi connectivity index (χ0) is 19.3. The van der Waals surface area contributed by atoms with Crippen molar-refractivity contribution in [2.75, 3.05) is 26.7 Å². The van der Waals surface area contributed by atoms with Crippen molar-refractivity contribution in [1.29, 1.82) is 0 Å². The molecule has 0 bridgehead atoms. The highest BCUT2D eigenvalue weighted by atomic mass is 16.5. The summed E-state index contributed by atoms with van der Waals surface area (Å²) in [7, 11) is 1.69. The fraction of sp³-hybridized carbons (Fsp3) is 0.304. The van der Waals surface area contributed by atoms with Gasteiger partial charge in [0.2, 0.25) is 0 Å². The fourth-order valence-corrected chi connectivity index (χ4v) is 3.90. The smallest absolute Gasteiger partial charge is 0.269 e. The number of fused-ring (bicyclic) bond motifs is 1. The Labute approximate surface area is 165 Å². The van der Waals surface area contributed by atoms with Crippen LogP contribution in [0.3, 0.4) is 0 Å². The number of pyridine rings is 1. The molecule has 3 aromatic rings. The zero-order valence-corrected chi connectivity index (χ0v) is 16.1. The number of amides is 1. The van der Waals surface area contributed by atoms with Crippen LogP contribution in [0.5, 0.6) is 5.75 Å². The lowest BCUT2D eigenvalue weighted by molar-refractivity contribution is 0.0932. The lowest BCUT2D eigenvalue weighted by atomic mass is 10.0. The molecule has 1 atom stereocenters. The molecular formula is C23H25N3O2. The largest absolute Gasteiger partial charge is 0.496 e. The number of aromatic nitrogens is 1. The Kier molecular flexibility index (Phi) is 5.53. The Hall–Kier alpha value is -2.92. The van der Waals surface area contributed by atoms with Crippen LogP contribution in [0.4, 0.5) is 0 Å². The van der Waals surface area contributed by atoms with Gasteiger partial charge in [0, 0.05) is 17.5 Å². The molecule has 1 amide bonds. The van der Waals surface area contributed by atoms with Gasteiger partial charge in [-0.2, -0.15) is 0 Å². The number of hydrogen-bond acceptors (Lipinski definition) is 4. The van der Waals surface area contributed by atoms with Crippen molar-refractivity contribution in [2.24, 2.45) is 0 Å². The summed E-state index contributed by atoms with van der Waals surface area (Å²) >= 11 is 0. The SMILES string of the molecule is COc1ccccc1C(CNC(=O)c1ccc2ccccc2n1)N1CCCC1. The van der Waals surface area contributed by atoms with E-state index in [9.17, 15) is 4.79 Å². The topological polar surface area (TPSA) is 54.5 Å². The van der Waals surface area contributed by atoms with Gasteiger partial charge >= 0.3 is 0 Å². The van der Waals surface area contributed by atoms with Gasteiger partial charge in [-0.15, -0.1) is 0 Å². The van der Waals surface area contributed by atoms with Crippen LogP contribution in [-0.2, 0) is 0 Å². The number of carbonyl (C=O) groups excluding carboxylic acids is 1. The van der Waals surface area contributed by atoms with Crippen LogP contribution in [-0.4, -0.2) is 42.5 Å². The van der Waals surface area contributed by atoms with E-state index in [4.69, 9.17) is 4.74 Å². The summed E-state index contributed by atoms with van der Waals surface area (Å²) in [6, 6.07) is 19.7. The summed E-state index contributed by atoms with van der Waals surface area (Å²) in [4.78, 5) is 19.7. The maximum Gasteiger partial charge on any atom is 0.269 e. The van der Waals surface area contributed by atoms with Gasteiger partial charge < -0.3 is 10.1 Å². The summed E-state index contributed by atoms with van der Waals surface area (Å²) in [5, 5.41) is 4.12. The predicted octanol–water partition coefficient (Wildman–Crippen LogP) is 3.81. The highest BCUT2D eigenvalue weighted by molar-refractivity contribution is 5.94. The van der Waals surface area contributed by atoms with Crippen molar-refractivity contribution < 1.29 is 9.53 Å². The number of methoxy groups -OCH3 is 1. The molecule has 0 spiro atoms. The third-order valence-corrected chi connectivity index (χ3v) is 5.37. The normalized spacial score (nSPS) is 15.5. The van der Waals surface area contributed by atoms with Gasteiger partial charge in [-0.05, 0) is 44.1 Å². The second-order valence-corrected chi connectivity index (χ2v) is 7.10. The minimum Gasteiger partial charge on any atom is -0.496 e. The third kappa shape index (κ3) is 3.85. The number of hydrogen-bond donors (Lipinski definition) is 1. The summed E-state index contributed by atoms with van der Waals surface area (Å²) in [6.07, 6.45) is 2.37. The summed E-state index contributed by atoms with van der Waals surface area (Å²) in [5.41, 5.74) is 2.38. The van der Waals surface area contributed by atoms with Crippen molar-refractivity contribution in [2.45, 2.75) is 18.9 Å². The van der Waals surface area contributed by atoms with Crippen molar-refractivity contribution >= 4 is 16.8 Å². The van der Waals surface area contributed by atoms with Crippen molar-refractivity contribution in [3.63, 3.8) is 0 Å². The minimum atomic E-state index is -0.148. The molecule has 1 aliphatic rings. The van der Waals surface area contributed by atoms with Crippen LogP contribution in [0, 0.1) is 0 Å². The molecule has 2 aromatic carbocycles. The monoisotopic (exact) mass is 375 g/mol. The minimum absolute atomic E-state index is 0.0862. The van der Waals surface area contributed by atoms with E-state index < -0.39 is 0 Å². The van der Waals surface area contributed by atoms with Crippen LogP contribution in [0.25, 0.3) is 10.9 Å². The molecule has 1 aliphatic heterocycles. The second kappa shape index (κ2) is 8.40. The fourth-order valence-electron chi connectivity index (χ4n) is 3.90. The highest BCUT2D eigenvalue weighted by Gasteiger charge is 2.26. The van der Waals surface area contributed by atoms with Crippen LogP contribution in [0.15, 0.2) is 60.7 Å². The van der Waals surface area contributed by atoms with E-state index in [1.54, 1.807) is 13.2 Å². The van der Waals surface area contributed by atoms with Gasteiger partial charge in [0.1, 0.15) is 11.4 Å². The van der Waals surface area contributed by atoms with E-state index in [0.717, 1.165) is 35.3 Å². The summed E-state index contributed by atoms with van der Waals surface area (Å²) in [6.45, 7) is 2.59. The Morgan fingerprint density at radius 2 is 1.82 bits per heavy atom. The first-order valence-electron chi connectivity index (χ1n) is 9.77. The molecule has 2 heterocycles. The lowest BCUT2D eigenvalue weighted by Crippen LogP contribution is -2.37.